The molecule has 0 heterocycles. The number of hydrazine groups is 1. The zero-order chi connectivity index (χ0) is 10.8. The Kier molecular flexibility index (Phi) is 13.9. The van der Waals surface area contributed by atoms with E-state index < -0.39 is 0 Å². The van der Waals surface area contributed by atoms with Gasteiger partial charge in [-0.05, 0) is 26.4 Å². The van der Waals surface area contributed by atoms with Crippen molar-refractivity contribution in [2.24, 2.45) is 5.28 Å². The molecule has 0 aromatic carbocycles. The van der Waals surface area contributed by atoms with E-state index in [0.29, 0.717) is 11.5 Å². The standard InChI is InChI=1S/C8H20N4O2.Na/c1-9-7-5-3-4-6-8-11(2)12(14)10-13;/h9,14H,3-8H2,1-2H3;/q;+1/p+1. The molecule has 7 heteroatoms. The first-order chi connectivity index (χ1) is 6.72. The van der Waals surface area contributed by atoms with Crippen molar-refractivity contribution in [3.8, 4) is 0 Å². The van der Waals surface area contributed by atoms with Crippen LogP contribution in [0.3, 0.4) is 0 Å². The molecule has 0 aromatic heterocycles. The van der Waals surface area contributed by atoms with Crippen LogP contribution in [-0.4, -0.2) is 47.6 Å². The van der Waals surface area contributed by atoms with Crippen LogP contribution in [0.1, 0.15) is 25.7 Å². The van der Waals surface area contributed by atoms with Crippen molar-refractivity contribution in [1.82, 2.24) is 10.3 Å². The van der Waals surface area contributed by atoms with E-state index in [1.807, 2.05) is 7.05 Å². The molecule has 84 valence electrons. The van der Waals surface area contributed by atoms with E-state index in [1.165, 1.54) is 17.9 Å². The summed E-state index contributed by atoms with van der Waals surface area (Å²) in [6.45, 7) is 1.73. The molecule has 15 heavy (non-hydrogen) atoms. The Balaban J connectivity index is 0. The number of rotatable bonds is 8. The van der Waals surface area contributed by atoms with E-state index in [2.05, 4.69) is 10.6 Å². The van der Waals surface area contributed by atoms with E-state index in [4.69, 9.17) is 10.4 Å². The van der Waals surface area contributed by atoms with Gasteiger partial charge in [0.25, 0.3) is 10.2 Å². The maximum Gasteiger partial charge on any atom is 1.00 e. The summed E-state index contributed by atoms with van der Waals surface area (Å²) in [5.74, 6) is 0. The van der Waals surface area contributed by atoms with Gasteiger partial charge in [-0.15, -0.1) is 5.01 Å². The molecule has 0 radical (unpaired) electrons. The number of unbranched alkanes of at least 4 members (excludes halogenated alkanes) is 3. The van der Waals surface area contributed by atoms with Crippen LogP contribution in [0.4, 0.5) is 0 Å². The summed E-state index contributed by atoms with van der Waals surface area (Å²) < 4.78 is 0. The van der Waals surface area contributed by atoms with Crippen LogP contribution >= 0.6 is 0 Å². The number of nitrogens with one attached hydrogen (secondary N) is 1. The Morgan fingerprint density at radius 3 is 2.40 bits per heavy atom. The van der Waals surface area contributed by atoms with Crippen LogP contribution in [-0.2, 0) is 0 Å². The number of nitrogens with zero attached hydrogens (tertiary/aromatic N) is 3. The van der Waals surface area contributed by atoms with E-state index in [-0.39, 0.29) is 29.6 Å². The first-order valence-electron chi connectivity index (χ1n) is 4.92. The molecule has 0 fully saturated rings. The van der Waals surface area contributed by atoms with Crippen LogP contribution < -0.4 is 34.9 Å². The summed E-state index contributed by atoms with van der Waals surface area (Å²) in [5, 5.41) is 24.3. The molecule has 0 aliphatic carbocycles. The fourth-order valence-electron chi connectivity index (χ4n) is 1.15. The van der Waals surface area contributed by atoms with Gasteiger partial charge < -0.3 is 10.5 Å². The van der Waals surface area contributed by atoms with Crippen LogP contribution in [0, 0.1) is 0 Å². The maximum atomic E-state index is 8.90. The van der Waals surface area contributed by atoms with E-state index in [9.17, 15) is 0 Å². The second kappa shape index (κ2) is 12.0. The summed E-state index contributed by atoms with van der Waals surface area (Å²) in [6, 6.07) is 0. The third kappa shape index (κ3) is 10.2. The summed E-state index contributed by atoms with van der Waals surface area (Å²) in [4.78, 5) is 0.438. The van der Waals surface area contributed by atoms with E-state index in [1.54, 1.807) is 7.05 Å². The van der Waals surface area contributed by atoms with Gasteiger partial charge in [-0.25, -0.2) is 5.21 Å². The van der Waals surface area contributed by atoms with Crippen molar-refractivity contribution in [3.63, 3.8) is 0 Å². The molecule has 0 unspecified atom stereocenters. The fourth-order valence-corrected chi connectivity index (χ4v) is 1.15. The molecule has 3 N–H and O–H groups in total. The van der Waals surface area contributed by atoms with Crippen molar-refractivity contribution in [2.45, 2.75) is 25.7 Å². The fraction of sp³-hybridized carbons (Fsp3) is 1.00. The molecule has 0 saturated heterocycles. The average Bonchev–Trinajstić information content (AvgIpc) is 2.21. The zero-order valence-electron chi connectivity index (χ0n) is 9.98. The molecule has 0 atom stereocenters. The Morgan fingerprint density at radius 1 is 1.27 bits per heavy atom. The van der Waals surface area contributed by atoms with Gasteiger partial charge in [0.2, 0.25) is 0 Å². The van der Waals surface area contributed by atoms with Gasteiger partial charge >= 0.3 is 29.6 Å². The minimum absolute atomic E-state index is 0. The molecule has 0 spiro atoms. The van der Waals surface area contributed by atoms with Gasteiger partial charge in [0.1, 0.15) is 0 Å². The minimum atomic E-state index is 0. The molecule has 0 bridgehead atoms. The van der Waals surface area contributed by atoms with Crippen LogP contribution in [0.25, 0.3) is 0 Å². The van der Waals surface area contributed by atoms with Crippen molar-refractivity contribution < 1.29 is 44.9 Å². The van der Waals surface area contributed by atoms with Gasteiger partial charge in [0.15, 0.2) is 0 Å². The third-order valence-electron chi connectivity index (χ3n) is 2.04. The molecule has 0 rings (SSSR count). The average molecular weight is 228 g/mol. The zero-order valence-corrected chi connectivity index (χ0v) is 12.0. The normalized spacial score (nSPS) is 10.9. The second-order valence-electron chi connectivity index (χ2n) is 3.26. The SMILES string of the molecule is CNCCCCCCN(C)[N+](O)=NO.[Na+]. The molecule has 0 saturated carbocycles. The molecular formula is C8H21N4NaO2+2. The van der Waals surface area contributed by atoms with Gasteiger partial charge in [-0.1, -0.05) is 12.8 Å². The molecular weight excluding hydrogens is 207 g/mol. The first kappa shape index (κ1) is 17.4. The topological polar surface area (TPSA) is 71.1 Å². The van der Waals surface area contributed by atoms with E-state index in [0.717, 1.165) is 19.4 Å². The first-order valence-corrected chi connectivity index (χ1v) is 4.92. The molecule has 0 aliphatic heterocycles. The number of hydrogen-bond acceptors (Lipinski definition) is 2. The van der Waals surface area contributed by atoms with Crippen LogP contribution in [0.5, 0.6) is 0 Å². The van der Waals surface area contributed by atoms with Crippen molar-refractivity contribution >= 4 is 0 Å². The van der Waals surface area contributed by atoms with Crippen LogP contribution in [0.2, 0.25) is 0 Å². The van der Waals surface area contributed by atoms with Gasteiger partial charge in [-0.2, -0.15) is 0 Å². The minimum Gasteiger partial charge on any atom is -0.357 e. The van der Waals surface area contributed by atoms with E-state index >= 15 is 0 Å². The Labute approximate surface area is 113 Å². The van der Waals surface area contributed by atoms with Crippen molar-refractivity contribution in [1.29, 1.82) is 0 Å². The largest absolute Gasteiger partial charge is 1.00 e. The summed E-state index contributed by atoms with van der Waals surface area (Å²) in [6.07, 6.45) is 4.45. The number of hydrogen-bond donors (Lipinski definition) is 3. The monoisotopic (exact) mass is 228 g/mol. The van der Waals surface area contributed by atoms with Crippen molar-refractivity contribution in [2.75, 3.05) is 27.2 Å². The third-order valence-corrected chi connectivity index (χ3v) is 2.04. The van der Waals surface area contributed by atoms with Gasteiger partial charge in [0.05, 0.1) is 13.6 Å². The summed E-state index contributed by atoms with van der Waals surface area (Å²) in [7, 11) is 3.60. The van der Waals surface area contributed by atoms with Gasteiger partial charge in [-0.3, -0.25) is 0 Å². The summed E-state index contributed by atoms with van der Waals surface area (Å²) in [5.41, 5.74) is 0. The summed E-state index contributed by atoms with van der Waals surface area (Å²) >= 11 is 0. The molecule has 6 nitrogen and oxygen atoms in total. The molecule has 0 aromatic rings. The molecule has 0 aliphatic rings. The maximum absolute atomic E-state index is 8.90. The predicted molar refractivity (Wildman–Crippen MR) is 51.3 cm³/mol. The smallest absolute Gasteiger partial charge is 0.357 e. The molecule has 0 amide bonds. The predicted octanol–water partition coefficient (Wildman–Crippen LogP) is -2.14. The Bertz CT molecular complexity index is 169. The quantitative estimate of drug-likeness (QED) is 0.146. The van der Waals surface area contributed by atoms with Crippen LogP contribution in [0.15, 0.2) is 5.28 Å². The second-order valence-corrected chi connectivity index (χ2v) is 3.26. The Hall–Kier alpha value is -0.0400. The Morgan fingerprint density at radius 2 is 1.87 bits per heavy atom. The van der Waals surface area contributed by atoms with Crippen molar-refractivity contribution in [3.05, 3.63) is 0 Å². The van der Waals surface area contributed by atoms with Gasteiger partial charge in [0, 0.05) is 0 Å².